The third-order valence-corrected chi connectivity index (χ3v) is 10.2. The lowest BCUT2D eigenvalue weighted by Gasteiger charge is -2.13. The monoisotopic (exact) mass is 622 g/mol. The molecule has 2 aliphatic carbocycles. The van der Waals surface area contributed by atoms with E-state index in [1.54, 1.807) is 20.3 Å². The van der Waals surface area contributed by atoms with Crippen LogP contribution in [0.3, 0.4) is 0 Å². The first-order chi connectivity index (χ1) is 20.7. The number of carboxylic acids is 1. The van der Waals surface area contributed by atoms with Crippen LogP contribution in [0.15, 0.2) is 36.4 Å². The number of thiophene rings is 2. The van der Waals surface area contributed by atoms with E-state index in [0.717, 1.165) is 20.2 Å². The average Bonchev–Trinajstić information content (AvgIpc) is 3.89. The minimum absolute atomic E-state index is 0.0219. The van der Waals surface area contributed by atoms with E-state index < -0.39 is 17.8 Å². The second kappa shape index (κ2) is 11.6. The summed E-state index contributed by atoms with van der Waals surface area (Å²) in [6.45, 7) is 2.24. The number of carbonyl (C=O) groups excluding carboxylic acids is 3. The number of aliphatic carboxylic acids is 1. The van der Waals surface area contributed by atoms with Gasteiger partial charge in [-0.05, 0) is 54.8 Å². The summed E-state index contributed by atoms with van der Waals surface area (Å²) in [5, 5.41) is 10.9. The molecule has 2 aliphatic rings. The highest BCUT2D eigenvalue weighted by Crippen LogP contribution is 2.45. The molecule has 0 amide bonds. The van der Waals surface area contributed by atoms with Crippen LogP contribution in [-0.2, 0) is 9.59 Å². The molecule has 1 N–H and O–H groups in total. The molecule has 0 aliphatic heterocycles. The van der Waals surface area contributed by atoms with Crippen LogP contribution in [0.1, 0.15) is 45.5 Å². The van der Waals surface area contributed by atoms with Crippen molar-refractivity contribution >= 4 is 66.2 Å². The van der Waals surface area contributed by atoms with Crippen molar-refractivity contribution in [1.29, 1.82) is 0 Å². The summed E-state index contributed by atoms with van der Waals surface area (Å²) in [6, 6.07) is 11.0. The van der Waals surface area contributed by atoms with Crippen LogP contribution in [0.2, 0.25) is 0 Å². The lowest BCUT2D eigenvalue weighted by Crippen LogP contribution is -2.06. The van der Waals surface area contributed by atoms with E-state index in [0.29, 0.717) is 65.2 Å². The third kappa shape index (κ3) is 5.83. The molecule has 6 rings (SSSR count). The minimum Gasteiger partial charge on any atom is -0.493 e. The number of carbonyl (C=O) groups is 4. The number of benzene rings is 2. The van der Waals surface area contributed by atoms with Gasteiger partial charge >= 0.3 is 5.97 Å². The van der Waals surface area contributed by atoms with Crippen LogP contribution >= 0.6 is 22.7 Å². The molecule has 11 heteroatoms. The molecule has 2 heterocycles. The number of hydrogen-bond donors (Lipinski definition) is 1. The van der Waals surface area contributed by atoms with E-state index in [2.05, 4.69) is 0 Å². The molecule has 0 bridgehead atoms. The predicted octanol–water partition coefficient (Wildman–Crippen LogP) is 6.29. The predicted molar refractivity (Wildman–Crippen MR) is 163 cm³/mol. The highest BCUT2D eigenvalue weighted by molar-refractivity contribution is 7.21. The second-order valence-corrected chi connectivity index (χ2v) is 13.1. The number of methoxy groups -OCH3 is 2. The van der Waals surface area contributed by atoms with E-state index in [4.69, 9.17) is 24.1 Å². The lowest BCUT2D eigenvalue weighted by molar-refractivity contribution is -0.138. The Morgan fingerprint density at radius 1 is 0.698 bits per heavy atom. The second-order valence-electron chi connectivity index (χ2n) is 10.9. The van der Waals surface area contributed by atoms with Gasteiger partial charge in [0.05, 0.1) is 43.1 Å². The van der Waals surface area contributed by atoms with Crippen LogP contribution in [0.25, 0.3) is 20.2 Å². The Bertz CT molecular complexity index is 1640. The van der Waals surface area contributed by atoms with Crippen molar-refractivity contribution in [3.63, 3.8) is 0 Å². The molecule has 43 heavy (non-hydrogen) atoms. The Labute approximate surface area is 255 Å². The minimum atomic E-state index is -0.925. The van der Waals surface area contributed by atoms with Gasteiger partial charge in [-0.2, -0.15) is 0 Å². The maximum atomic E-state index is 12.8. The molecular weight excluding hydrogens is 592 g/mol. The molecule has 4 atom stereocenters. The van der Waals surface area contributed by atoms with E-state index in [1.807, 2.05) is 30.3 Å². The van der Waals surface area contributed by atoms with Gasteiger partial charge in [-0.1, -0.05) is 0 Å². The lowest BCUT2D eigenvalue weighted by atomic mass is 10.1. The standard InChI is InChI=1S/C32H30O9S2/c1-15(33)18-11-19(18)30(34)28-9-16-7-24(22(38-2)13-26(16)42-28)40-5-4-6-41-25-8-17-10-29(43-27(17)14-23(25)39-3)31(35)20-12-21(20)32(36)37/h7-10,13-14,18-21H,4-6,11-12H2,1-3H3,(H,36,37)/t18-,19+,20+,21+/m1/s1. The summed E-state index contributed by atoms with van der Waals surface area (Å²) in [6.07, 6.45) is 1.58. The van der Waals surface area contributed by atoms with Gasteiger partial charge in [0.25, 0.3) is 0 Å². The molecule has 4 aromatic rings. The van der Waals surface area contributed by atoms with E-state index in [-0.39, 0.29) is 29.2 Å². The Hall–Kier alpha value is -3.96. The number of ketones is 3. The Morgan fingerprint density at radius 2 is 1.16 bits per heavy atom. The summed E-state index contributed by atoms with van der Waals surface area (Å²) in [4.78, 5) is 49.6. The average molecular weight is 623 g/mol. The van der Waals surface area contributed by atoms with Crippen molar-refractivity contribution in [2.75, 3.05) is 27.4 Å². The Kier molecular flexibility index (Phi) is 7.87. The van der Waals surface area contributed by atoms with E-state index in [9.17, 15) is 19.2 Å². The van der Waals surface area contributed by atoms with E-state index >= 15 is 0 Å². The van der Waals surface area contributed by atoms with Gasteiger partial charge in [0.2, 0.25) is 0 Å². The maximum absolute atomic E-state index is 12.8. The highest BCUT2D eigenvalue weighted by Gasteiger charge is 2.49. The van der Waals surface area contributed by atoms with Gasteiger partial charge in [-0.3, -0.25) is 19.2 Å². The first-order valence-electron chi connectivity index (χ1n) is 14.0. The maximum Gasteiger partial charge on any atom is 0.307 e. The quantitative estimate of drug-likeness (QED) is 0.128. The number of rotatable bonds is 14. The first-order valence-corrected chi connectivity index (χ1v) is 15.6. The molecule has 224 valence electrons. The third-order valence-electron chi connectivity index (χ3n) is 7.99. The topological polar surface area (TPSA) is 125 Å². The summed E-state index contributed by atoms with van der Waals surface area (Å²) < 4.78 is 24.9. The number of hydrogen-bond acceptors (Lipinski definition) is 10. The Balaban J connectivity index is 1.07. The van der Waals surface area contributed by atoms with Gasteiger partial charge in [0.1, 0.15) is 5.78 Å². The van der Waals surface area contributed by atoms with Gasteiger partial charge < -0.3 is 24.1 Å². The molecule has 0 unspecified atom stereocenters. The van der Waals surface area contributed by atoms with Crippen molar-refractivity contribution in [2.45, 2.75) is 26.2 Å². The first kappa shape index (κ1) is 29.1. The molecule has 2 aromatic heterocycles. The Morgan fingerprint density at radius 3 is 1.56 bits per heavy atom. The van der Waals surface area contributed by atoms with Crippen LogP contribution in [-0.4, -0.2) is 55.9 Å². The zero-order chi connectivity index (χ0) is 30.4. The van der Waals surface area contributed by atoms with Crippen molar-refractivity contribution in [1.82, 2.24) is 0 Å². The highest BCUT2D eigenvalue weighted by atomic mass is 32.1. The largest absolute Gasteiger partial charge is 0.493 e. The van der Waals surface area contributed by atoms with E-state index in [1.165, 1.54) is 29.6 Å². The van der Waals surface area contributed by atoms with Crippen molar-refractivity contribution < 1.29 is 43.2 Å². The molecule has 0 saturated heterocycles. The van der Waals surface area contributed by atoms with Gasteiger partial charge in [-0.15, -0.1) is 22.7 Å². The number of carboxylic acid groups (broad SMARTS) is 1. The smallest absolute Gasteiger partial charge is 0.307 e. The molecular formula is C32H30O9S2. The van der Waals surface area contributed by atoms with Gasteiger partial charge in [0, 0.05) is 45.7 Å². The molecule has 0 radical (unpaired) electrons. The number of ether oxygens (including phenoxy) is 4. The van der Waals surface area contributed by atoms with Crippen molar-refractivity contribution in [2.24, 2.45) is 23.7 Å². The normalized spacial score (nSPS) is 20.5. The zero-order valence-electron chi connectivity index (χ0n) is 23.8. The summed E-state index contributed by atoms with van der Waals surface area (Å²) >= 11 is 2.72. The number of Topliss-reactive ketones (excluding diaryl/α,β-unsaturated/α-hetero) is 3. The van der Waals surface area contributed by atoms with Gasteiger partial charge in [-0.25, -0.2) is 0 Å². The van der Waals surface area contributed by atoms with Crippen LogP contribution in [0.4, 0.5) is 0 Å². The fourth-order valence-corrected chi connectivity index (χ4v) is 7.52. The van der Waals surface area contributed by atoms with Crippen molar-refractivity contribution in [3.8, 4) is 23.0 Å². The molecule has 9 nitrogen and oxygen atoms in total. The molecule has 2 saturated carbocycles. The number of fused-ring (bicyclic) bond motifs is 2. The fourth-order valence-electron chi connectivity index (χ4n) is 5.36. The van der Waals surface area contributed by atoms with Crippen LogP contribution in [0.5, 0.6) is 23.0 Å². The van der Waals surface area contributed by atoms with Crippen LogP contribution in [0, 0.1) is 23.7 Å². The summed E-state index contributed by atoms with van der Waals surface area (Å²) in [7, 11) is 3.12. The summed E-state index contributed by atoms with van der Waals surface area (Å²) in [5.74, 6) is -0.144. The van der Waals surface area contributed by atoms with Crippen LogP contribution < -0.4 is 18.9 Å². The molecule has 0 spiro atoms. The zero-order valence-corrected chi connectivity index (χ0v) is 25.5. The van der Waals surface area contributed by atoms with Crippen molar-refractivity contribution in [3.05, 3.63) is 46.2 Å². The SMILES string of the molecule is COc1cc2sc(C(=O)[C@H]3C[C@@H]3C(C)=O)cc2cc1OCCCOc1cc2cc(C(=O)[C@H]3C[C@@H]3C(=O)O)sc2cc1OC. The fraction of sp³-hybridized carbons (Fsp3) is 0.375. The molecule has 2 fully saturated rings. The van der Waals surface area contributed by atoms with Gasteiger partial charge in [0.15, 0.2) is 34.6 Å². The molecule has 2 aromatic carbocycles. The summed E-state index contributed by atoms with van der Waals surface area (Å²) in [5.41, 5.74) is 0.